The van der Waals surface area contributed by atoms with Crippen molar-refractivity contribution in [2.75, 3.05) is 10.6 Å². The highest BCUT2D eigenvalue weighted by Gasteiger charge is 2.31. The van der Waals surface area contributed by atoms with E-state index in [9.17, 15) is 18.0 Å². The Morgan fingerprint density at radius 3 is 2.36 bits per heavy atom. The van der Waals surface area contributed by atoms with Gasteiger partial charge in [-0.25, -0.2) is 15.0 Å². The zero-order valence-electron chi connectivity index (χ0n) is 17.3. The van der Waals surface area contributed by atoms with Gasteiger partial charge in [-0.1, -0.05) is 24.3 Å². The van der Waals surface area contributed by atoms with Crippen molar-refractivity contribution in [1.82, 2.24) is 24.5 Å². The van der Waals surface area contributed by atoms with Crippen LogP contribution in [0.25, 0.3) is 11.1 Å². The fourth-order valence-corrected chi connectivity index (χ4v) is 3.00. The first-order chi connectivity index (χ1) is 15.8. The van der Waals surface area contributed by atoms with Gasteiger partial charge in [0.2, 0.25) is 11.9 Å². The van der Waals surface area contributed by atoms with Crippen LogP contribution in [0.1, 0.15) is 11.1 Å². The Balaban J connectivity index is 1.36. The summed E-state index contributed by atoms with van der Waals surface area (Å²) < 4.78 is 40.1. The summed E-state index contributed by atoms with van der Waals surface area (Å²) in [6.07, 6.45) is 4.15. The largest absolute Gasteiger partial charge is 0.417 e. The number of aryl methyl sites for hydroxylation is 1. The zero-order valence-corrected chi connectivity index (χ0v) is 17.3. The van der Waals surface area contributed by atoms with E-state index >= 15 is 0 Å². The van der Waals surface area contributed by atoms with Gasteiger partial charge in [0.05, 0.1) is 30.2 Å². The predicted octanol–water partition coefficient (Wildman–Crippen LogP) is 4.22. The van der Waals surface area contributed by atoms with Gasteiger partial charge in [-0.3, -0.25) is 9.78 Å². The number of aromatic nitrogens is 5. The molecule has 2 N–H and O–H groups in total. The quantitative estimate of drug-likeness (QED) is 0.454. The molecule has 0 saturated heterocycles. The SMILES string of the molecule is Cn1cnc(Nc2ncc(-c3ccc(CC(=O)Nc4cncc(C(F)(F)F)c4)cc3)cn2)c1. The molecular formula is C22H18F3N7O. The van der Waals surface area contributed by atoms with Gasteiger partial charge >= 0.3 is 6.18 Å². The van der Waals surface area contributed by atoms with E-state index in [1.807, 2.05) is 19.2 Å². The molecule has 3 heterocycles. The number of carbonyl (C=O) groups excluding carboxylic acids is 1. The lowest BCUT2D eigenvalue weighted by Crippen LogP contribution is -2.15. The second-order valence-corrected chi connectivity index (χ2v) is 7.23. The summed E-state index contributed by atoms with van der Waals surface area (Å²) in [6.45, 7) is 0. The second-order valence-electron chi connectivity index (χ2n) is 7.23. The van der Waals surface area contributed by atoms with Gasteiger partial charge in [0, 0.05) is 37.4 Å². The maximum atomic E-state index is 12.8. The van der Waals surface area contributed by atoms with Gasteiger partial charge in [0.15, 0.2) is 5.82 Å². The molecule has 0 fully saturated rings. The lowest BCUT2D eigenvalue weighted by Gasteiger charge is -2.09. The molecule has 168 valence electrons. The van der Waals surface area contributed by atoms with Crippen molar-refractivity contribution in [3.05, 3.63) is 78.8 Å². The molecule has 0 radical (unpaired) electrons. The average molecular weight is 453 g/mol. The number of imidazole rings is 1. The van der Waals surface area contributed by atoms with Crippen LogP contribution in [0.15, 0.2) is 67.6 Å². The van der Waals surface area contributed by atoms with E-state index in [1.54, 1.807) is 41.6 Å². The molecule has 0 unspecified atom stereocenters. The lowest BCUT2D eigenvalue weighted by molar-refractivity contribution is -0.137. The Kier molecular flexibility index (Phi) is 6.03. The Morgan fingerprint density at radius 1 is 1.00 bits per heavy atom. The molecule has 4 rings (SSSR count). The Labute approximate surface area is 186 Å². The van der Waals surface area contributed by atoms with E-state index in [4.69, 9.17) is 0 Å². The van der Waals surface area contributed by atoms with E-state index in [0.717, 1.165) is 17.2 Å². The van der Waals surface area contributed by atoms with E-state index < -0.39 is 17.6 Å². The van der Waals surface area contributed by atoms with Crippen molar-refractivity contribution in [3.63, 3.8) is 0 Å². The summed E-state index contributed by atoms with van der Waals surface area (Å²) in [5.74, 6) is 0.598. The minimum atomic E-state index is -4.53. The number of nitrogens with zero attached hydrogens (tertiary/aromatic N) is 5. The van der Waals surface area contributed by atoms with E-state index in [1.165, 1.54) is 6.20 Å². The van der Waals surface area contributed by atoms with Crippen molar-refractivity contribution < 1.29 is 18.0 Å². The molecule has 11 heteroatoms. The molecular weight excluding hydrogens is 435 g/mol. The maximum Gasteiger partial charge on any atom is 0.417 e. The van der Waals surface area contributed by atoms with Crippen LogP contribution in [-0.2, 0) is 24.4 Å². The van der Waals surface area contributed by atoms with Crippen LogP contribution in [0.4, 0.5) is 30.6 Å². The zero-order chi connectivity index (χ0) is 23.4. The van der Waals surface area contributed by atoms with Crippen LogP contribution >= 0.6 is 0 Å². The van der Waals surface area contributed by atoms with Gasteiger partial charge in [-0.05, 0) is 17.2 Å². The number of carbonyl (C=O) groups is 1. The first-order valence-corrected chi connectivity index (χ1v) is 9.75. The van der Waals surface area contributed by atoms with Crippen LogP contribution < -0.4 is 10.6 Å². The molecule has 1 aromatic carbocycles. The van der Waals surface area contributed by atoms with E-state index in [0.29, 0.717) is 23.5 Å². The summed E-state index contributed by atoms with van der Waals surface area (Å²) in [5, 5.41) is 5.44. The highest BCUT2D eigenvalue weighted by Crippen LogP contribution is 2.30. The first kappa shape index (κ1) is 21.9. The number of hydrogen-bond acceptors (Lipinski definition) is 6. The molecule has 33 heavy (non-hydrogen) atoms. The van der Waals surface area contributed by atoms with Crippen molar-refractivity contribution in [1.29, 1.82) is 0 Å². The van der Waals surface area contributed by atoms with Crippen molar-refractivity contribution >= 4 is 23.4 Å². The molecule has 0 bridgehead atoms. The predicted molar refractivity (Wildman–Crippen MR) is 116 cm³/mol. The molecule has 4 aromatic rings. The summed E-state index contributed by atoms with van der Waals surface area (Å²) in [7, 11) is 1.86. The molecule has 0 spiro atoms. The molecule has 8 nitrogen and oxygen atoms in total. The normalized spacial score (nSPS) is 11.3. The lowest BCUT2D eigenvalue weighted by atomic mass is 10.0. The van der Waals surface area contributed by atoms with Gasteiger partial charge < -0.3 is 15.2 Å². The van der Waals surface area contributed by atoms with Crippen LogP contribution in [0.2, 0.25) is 0 Å². The van der Waals surface area contributed by atoms with Crippen LogP contribution in [-0.4, -0.2) is 30.4 Å². The van der Waals surface area contributed by atoms with E-state index in [2.05, 4.69) is 30.6 Å². The number of benzene rings is 1. The third-order valence-electron chi connectivity index (χ3n) is 4.60. The molecule has 0 aliphatic rings. The molecule has 0 saturated carbocycles. The van der Waals surface area contributed by atoms with Gasteiger partial charge in [0.1, 0.15) is 0 Å². The number of halogens is 3. The van der Waals surface area contributed by atoms with Crippen molar-refractivity contribution in [2.45, 2.75) is 12.6 Å². The summed E-state index contributed by atoms with van der Waals surface area (Å²) in [6, 6.07) is 8.01. The monoisotopic (exact) mass is 453 g/mol. The summed E-state index contributed by atoms with van der Waals surface area (Å²) >= 11 is 0. The number of rotatable bonds is 6. The fraction of sp³-hybridized carbons (Fsp3) is 0.136. The van der Waals surface area contributed by atoms with Crippen LogP contribution in [0.3, 0.4) is 0 Å². The number of hydrogen-bond donors (Lipinski definition) is 2. The number of nitrogens with one attached hydrogen (secondary N) is 2. The molecule has 0 aliphatic carbocycles. The fourth-order valence-electron chi connectivity index (χ4n) is 3.00. The molecule has 1 amide bonds. The third-order valence-corrected chi connectivity index (χ3v) is 4.60. The first-order valence-electron chi connectivity index (χ1n) is 9.75. The average Bonchev–Trinajstić information content (AvgIpc) is 3.19. The minimum absolute atomic E-state index is 0.0000407. The van der Waals surface area contributed by atoms with Crippen molar-refractivity contribution in [3.8, 4) is 11.1 Å². The number of amides is 1. The molecule has 3 aromatic heterocycles. The highest BCUT2D eigenvalue weighted by atomic mass is 19.4. The number of alkyl halides is 3. The second kappa shape index (κ2) is 9.07. The standard InChI is InChI=1S/C22H18F3N7O/c1-32-12-19(29-13-32)31-21-27-8-16(9-28-21)15-4-2-14(3-5-15)6-20(33)30-18-7-17(10-26-11-18)22(23,24)25/h2-5,7-13H,6H2,1H3,(H,30,33)(H,27,28,31). The topological polar surface area (TPSA) is 97.6 Å². The van der Waals surface area contributed by atoms with Gasteiger partial charge in [-0.15, -0.1) is 0 Å². The van der Waals surface area contributed by atoms with Gasteiger partial charge in [0.25, 0.3) is 0 Å². The Bertz CT molecular complexity index is 1250. The van der Waals surface area contributed by atoms with Crippen LogP contribution in [0, 0.1) is 0 Å². The molecule has 0 aliphatic heterocycles. The van der Waals surface area contributed by atoms with E-state index in [-0.39, 0.29) is 12.1 Å². The maximum absolute atomic E-state index is 12.8. The summed E-state index contributed by atoms with van der Waals surface area (Å²) in [4.78, 5) is 28.5. The van der Waals surface area contributed by atoms with Crippen LogP contribution in [0.5, 0.6) is 0 Å². The smallest absolute Gasteiger partial charge is 0.338 e. The van der Waals surface area contributed by atoms with Crippen molar-refractivity contribution in [2.24, 2.45) is 7.05 Å². The Morgan fingerprint density at radius 2 is 1.73 bits per heavy atom. The third kappa shape index (κ3) is 5.70. The Hall–Kier alpha value is -4.28. The highest BCUT2D eigenvalue weighted by molar-refractivity contribution is 5.92. The number of anilines is 3. The molecule has 0 atom stereocenters. The minimum Gasteiger partial charge on any atom is -0.338 e. The van der Waals surface area contributed by atoms with Gasteiger partial charge in [-0.2, -0.15) is 13.2 Å². The number of pyridine rings is 1. The summed E-state index contributed by atoms with van der Waals surface area (Å²) in [5.41, 5.74) is 1.40.